The Morgan fingerprint density at radius 2 is 2.00 bits per heavy atom. The molecule has 0 radical (unpaired) electrons. The van der Waals surface area contributed by atoms with Crippen LogP contribution in [0.15, 0.2) is 29.6 Å². The Kier molecular flexibility index (Phi) is 5.67. The number of ether oxygens (including phenoxy) is 1. The third-order valence-corrected chi connectivity index (χ3v) is 5.50. The van der Waals surface area contributed by atoms with Crippen LogP contribution in [-0.2, 0) is 17.8 Å². The predicted octanol–water partition coefficient (Wildman–Crippen LogP) is 4.63. The molecule has 0 saturated carbocycles. The van der Waals surface area contributed by atoms with Crippen LogP contribution in [0.1, 0.15) is 21.3 Å². The van der Waals surface area contributed by atoms with E-state index >= 15 is 0 Å². The molecule has 0 bridgehead atoms. The van der Waals surface area contributed by atoms with Gasteiger partial charge in [-0.15, -0.1) is 22.7 Å². The summed E-state index contributed by atoms with van der Waals surface area (Å²) in [6.07, 6.45) is 0.217. The van der Waals surface area contributed by atoms with Crippen LogP contribution in [0.25, 0.3) is 0 Å². The lowest BCUT2D eigenvalue weighted by atomic mass is 10.3. The molecular formula is C17H16ClN3O2S2. The molecule has 0 aliphatic carbocycles. The van der Waals surface area contributed by atoms with Gasteiger partial charge in [0.1, 0.15) is 17.4 Å². The van der Waals surface area contributed by atoms with Gasteiger partial charge in [-0.2, -0.15) is 0 Å². The van der Waals surface area contributed by atoms with Gasteiger partial charge in [-0.05, 0) is 38.1 Å². The number of amides is 1. The number of aromatic nitrogens is 2. The van der Waals surface area contributed by atoms with E-state index in [1.54, 1.807) is 12.1 Å². The van der Waals surface area contributed by atoms with Gasteiger partial charge in [0.15, 0.2) is 5.13 Å². The SMILES string of the molecule is Cc1nc(NC(=O)Cc2csc(COc3ccc(Cl)cc3)n2)sc1C. The third kappa shape index (κ3) is 5.01. The van der Waals surface area contributed by atoms with Crippen molar-refractivity contribution in [1.82, 2.24) is 9.97 Å². The summed E-state index contributed by atoms with van der Waals surface area (Å²) >= 11 is 8.79. The summed E-state index contributed by atoms with van der Waals surface area (Å²) < 4.78 is 5.66. The fraction of sp³-hybridized carbons (Fsp3) is 0.235. The number of rotatable bonds is 6. The quantitative estimate of drug-likeness (QED) is 0.663. The van der Waals surface area contributed by atoms with E-state index < -0.39 is 0 Å². The molecule has 0 fully saturated rings. The lowest BCUT2D eigenvalue weighted by Gasteiger charge is -2.03. The van der Waals surface area contributed by atoms with Gasteiger partial charge in [0, 0.05) is 15.3 Å². The molecule has 0 aliphatic rings. The zero-order valence-corrected chi connectivity index (χ0v) is 16.1. The van der Waals surface area contributed by atoms with E-state index in [0.717, 1.165) is 27.0 Å². The molecule has 25 heavy (non-hydrogen) atoms. The fourth-order valence-corrected chi connectivity index (χ4v) is 3.69. The van der Waals surface area contributed by atoms with Crippen LogP contribution < -0.4 is 10.1 Å². The van der Waals surface area contributed by atoms with Gasteiger partial charge < -0.3 is 10.1 Å². The minimum Gasteiger partial charge on any atom is -0.486 e. The highest BCUT2D eigenvalue weighted by molar-refractivity contribution is 7.15. The number of halogens is 1. The highest BCUT2D eigenvalue weighted by Crippen LogP contribution is 2.22. The van der Waals surface area contributed by atoms with E-state index in [0.29, 0.717) is 16.8 Å². The maximum Gasteiger partial charge on any atom is 0.232 e. The first kappa shape index (κ1) is 17.8. The maximum atomic E-state index is 12.1. The van der Waals surface area contributed by atoms with Gasteiger partial charge in [-0.25, -0.2) is 9.97 Å². The van der Waals surface area contributed by atoms with Gasteiger partial charge in [0.05, 0.1) is 17.8 Å². The zero-order chi connectivity index (χ0) is 17.8. The van der Waals surface area contributed by atoms with Gasteiger partial charge >= 0.3 is 0 Å². The highest BCUT2D eigenvalue weighted by atomic mass is 35.5. The summed E-state index contributed by atoms with van der Waals surface area (Å²) in [5, 5.41) is 6.80. The second-order valence-corrected chi connectivity index (χ2v) is 7.94. The number of carbonyl (C=O) groups is 1. The molecule has 0 aliphatic heterocycles. The van der Waals surface area contributed by atoms with Crippen molar-refractivity contribution in [2.75, 3.05) is 5.32 Å². The molecular weight excluding hydrogens is 378 g/mol. The maximum absolute atomic E-state index is 12.1. The highest BCUT2D eigenvalue weighted by Gasteiger charge is 2.11. The Morgan fingerprint density at radius 3 is 2.68 bits per heavy atom. The van der Waals surface area contributed by atoms with Crippen LogP contribution in [0.3, 0.4) is 0 Å². The minimum atomic E-state index is -0.121. The number of thiazole rings is 2. The zero-order valence-electron chi connectivity index (χ0n) is 13.7. The summed E-state index contributed by atoms with van der Waals surface area (Å²) in [6.45, 7) is 4.27. The molecule has 3 aromatic rings. The number of anilines is 1. The number of benzene rings is 1. The topological polar surface area (TPSA) is 64.1 Å². The van der Waals surface area contributed by atoms with E-state index in [9.17, 15) is 4.79 Å². The Bertz CT molecular complexity index is 855. The fourth-order valence-electron chi connectivity index (χ4n) is 2.03. The van der Waals surface area contributed by atoms with Crippen molar-refractivity contribution in [2.24, 2.45) is 0 Å². The van der Waals surface area contributed by atoms with Gasteiger partial charge in [-0.3, -0.25) is 4.79 Å². The number of carbonyl (C=O) groups excluding carboxylic acids is 1. The second kappa shape index (κ2) is 7.95. The Morgan fingerprint density at radius 1 is 1.24 bits per heavy atom. The molecule has 0 atom stereocenters. The van der Waals surface area contributed by atoms with Crippen molar-refractivity contribution in [3.63, 3.8) is 0 Å². The summed E-state index contributed by atoms with van der Waals surface area (Å²) in [5.41, 5.74) is 1.66. The molecule has 2 heterocycles. The molecule has 5 nitrogen and oxygen atoms in total. The Hall–Kier alpha value is -1.96. The third-order valence-electron chi connectivity index (χ3n) is 3.39. The molecule has 1 amide bonds. The molecule has 130 valence electrons. The smallest absolute Gasteiger partial charge is 0.232 e. The first-order valence-electron chi connectivity index (χ1n) is 7.55. The summed E-state index contributed by atoms with van der Waals surface area (Å²) in [7, 11) is 0. The number of nitrogens with zero attached hydrogens (tertiary/aromatic N) is 2. The first-order chi connectivity index (χ1) is 12.0. The Labute approximate surface area is 158 Å². The molecule has 0 spiro atoms. The molecule has 0 saturated heterocycles. The van der Waals surface area contributed by atoms with Crippen molar-refractivity contribution in [3.05, 3.63) is 55.9 Å². The van der Waals surface area contributed by atoms with Crippen LogP contribution in [0.2, 0.25) is 5.02 Å². The van der Waals surface area contributed by atoms with Gasteiger partial charge in [0.25, 0.3) is 0 Å². The number of aryl methyl sites for hydroxylation is 2. The van der Waals surface area contributed by atoms with Crippen molar-refractivity contribution < 1.29 is 9.53 Å². The van der Waals surface area contributed by atoms with E-state index in [1.165, 1.54) is 22.7 Å². The van der Waals surface area contributed by atoms with Crippen LogP contribution in [-0.4, -0.2) is 15.9 Å². The van der Waals surface area contributed by atoms with E-state index in [4.69, 9.17) is 16.3 Å². The van der Waals surface area contributed by atoms with E-state index in [2.05, 4.69) is 15.3 Å². The number of nitrogens with one attached hydrogen (secondary N) is 1. The van der Waals surface area contributed by atoms with Crippen LogP contribution >= 0.6 is 34.3 Å². The van der Waals surface area contributed by atoms with Crippen LogP contribution in [0.5, 0.6) is 5.75 Å². The van der Waals surface area contributed by atoms with Gasteiger partial charge in [-0.1, -0.05) is 11.6 Å². The van der Waals surface area contributed by atoms with Crippen LogP contribution in [0, 0.1) is 13.8 Å². The molecule has 1 aromatic carbocycles. The molecule has 1 N–H and O–H groups in total. The second-order valence-electron chi connectivity index (χ2n) is 5.36. The molecule has 3 rings (SSSR count). The Balaban J connectivity index is 1.52. The van der Waals surface area contributed by atoms with E-state index in [1.807, 2.05) is 31.4 Å². The van der Waals surface area contributed by atoms with E-state index in [-0.39, 0.29) is 12.3 Å². The number of hydrogen-bond acceptors (Lipinski definition) is 6. The summed E-state index contributed by atoms with van der Waals surface area (Å²) in [6, 6.07) is 7.16. The number of hydrogen-bond donors (Lipinski definition) is 1. The lowest BCUT2D eigenvalue weighted by Crippen LogP contribution is -2.14. The van der Waals surface area contributed by atoms with Crippen molar-refractivity contribution in [3.8, 4) is 5.75 Å². The van der Waals surface area contributed by atoms with Crippen LogP contribution in [0.4, 0.5) is 5.13 Å². The normalized spacial score (nSPS) is 10.7. The minimum absolute atomic E-state index is 0.121. The van der Waals surface area contributed by atoms with Crippen molar-refractivity contribution >= 4 is 45.3 Å². The lowest BCUT2D eigenvalue weighted by molar-refractivity contribution is -0.115. The average Bonchev–Trinajstić information content (AvgIpc) is 3.13. The molecule has 2 aromatic heterocycles. The standard InChI is InChI=1S/C17H16ClN3O2S2/c1-10-11(2)25-17(19-10)21-15(22)7-13-9-24-16(20-13)8-23-14-5-3-12(18)4-6-14/h3-6,9H,7-8H2,1-2H3,(H,19,21,22). The largest absolute Gasteiger partial charge is 0.486 e. The molecule has 0 unspecified atom stereocenters. The summed E-state index contributed by atoms with van der Waals surface area (Å²) in [4.78, 5) is 21.9. The predicted molar refractivity (Wildman–Crippen MR) is 102 cm³/mol. The van der Waals surface area contributed by atoms with Crippen molar-refractivity contribution in [2.45, 2.75) is 26.9 Å². The monoisotopic (exact) mass is 393 g/mol. The molecule has 8 heteroatoms. The van der Waals surface area contributed by atoms with Crippen molar-refractivity contribution in [1.29, 1.82) is 0 Å². The average molecular weight is 394 g/mol. The summed E-state index contributed by atoms with van der Waals surface area (Å²) in [5.74, 6) is 0.609. The van der Waals surface area contributed by atoms with Gasteiger partial charge in [0.2, 0.25) is 5.91 Å². The first-order valence-corrected chi connectivity index (χ1v) is 9.62.